The summed E-state index contributed by atoms with van der Waals surface area (Å²) in [6, 6.07) is 8.40. The molecule has 1 fully saturated rings. The van der Waals surface area contributed by atoms with E-state index in [-0.39, 0.29) is 0 Å². The average molecular weight is 250 g/mol. The quantitative estimate of drug-likeness (QED) is 0.778. The lowest BCUT2D eigenvalue weighted by atomic mass is 10.2. The predicted molar refractivity (Wildman–Crippen MR) is 75.2 cm³/mol. The highest BCUT2D eigenvalue weighted by Gasteiger charge is 2.24. The fourth-order valence-electron chi connectivity index (χ4n) is 2.23. The standard InChI is InChI=1S/C13H19N3S/c1-3-8-15-9-14-13(17)16(10-15)12-7-5-4-6-11(12)2/h4-7H,3,8-10H2,1-2H3,(H,14,17)/p+1. The number of aryl methyl sites for hydroxylation is 1. The van der Waals surface area contributed by atoms with Gasteiger partial charge in [-0.2, -0.15) is 0 Å². The fourth-order valence-corrected chi connectivity index (χ4v) is 2.46. The Balaban J connectivity index is 2.18. The second-order valence-corrected chi connectivity index (χ2v) is 4.92. The van der Waals surface area contributed by atoms with E-state index in [0.29, 0.717) is 0 Å². The van der Waals surface area contributed by atoms with Gasteiger partial charge in [-0.3, -0.25) is 4.90 Å². The summed E-state index contributed by atoms with van der Waals surface area (Å²) in [5.41, 5.74) is 2.49. The summed E-state index contributed by atoms with van der Waals surface area (Å²) in [6.45, 7) is 7.43. The Bertz CT molecular complexity index is 405. The lowest BCUT2D eigenvalue weighted by molar-refractivity contribution is -0.903. The molecule has 0 radical (unpaired) electrons. The first-order chi connectivity index (χ1) is 8.22. The third-order valence-corrected chi connectivity index (χ3v) is 3.49. The molecule has 0 bridgehead atoms. The number of benzene rings is 1. The van der Waals surface area contributed by atoms with Crippen molar-refractivity contribution in [3.05, 3.63) is 29.8 Å². The molecule has 1 aliphatic heterocycles. The summed E-state index contributed by atoms with van der Waals surface area (Å²) in [4.78, 5) is 3.74. The molecule has 1 unspecified atom stereocenters. The van der Waals surface area contributed by atoms with Crippen molar-refractivity contribution in [3.63, 3.8) is 0 Å². The van der Waals surface area contributed by atoms with E-state index in [9.17, 15) is 0 Å². The molecule has 2 rings (SSSR count). The highest BCUT2D eigenvalue weighted by molar-refractivity contribution is 7.80. The van der Waals surface area contributed by atoms with Gasteiger partial charge in [-0.05, 0) is 37.2 Å². The van der Waals surface area contributed by atoms with E-state index in [1.807, 2.05) is 0 Å². The molecule has 3 nitrogen and oxygen atoms in total. The van der Waals surface area contributed by atoms with Gasteiger partial charge in [0, 0.05) is 0 Å². The van der Waals surface area contributed by atoms with Gasteiger partial charge < -0.3 is 10.2 Å². The molecule has 1 atom stereocenters. The van der Waals surface area contributed by atoms with Gasteiger partial charge in [0.05, 0.1) is 12.2 Å². The Morgan fingerprint density at radius 3 is 2.88 bits per heavy atom. The third-order valence-electron chi connectivity index (χ3n) is 3.13. The first-order valence-electron chi connectivity index (χ1n) is 6.17. The number of quaternary nitrogens is 1. The monoisotopic (exact) mass is 250 g/mol. The zero-order valence-corrected chi connectivity index (χ0v) is 11.3. The zero-order chi connectivity index (χ0) is 12.3. The molecule has 0 amide bonds. The molecule has 0 aromatic heterocycles. The highest BCUT2D eigenvalue weighted by atomic mass is 32.1. The molecule has 0 aliphatic carbocycles. The summed E-state index contributed by atoms with van der Waals surface area (Å²) in [6.07, 6.45) is 1.20. The van der Waals surface area contributed by atoms with Gasteiger partial charge in [0.1, 0.15) is 0 Å². The molecule has 2 N–H and O–H groups in total. The van der Waals surface area contributed by atoms with E-state index < -0.39 is 0 Å². The second-order valence-electron chi connectivity index (χ2n) is 4.53. The number of para-hydroxylation sites is 1. The van der Waals surface area contributed by atoms with Crippen molar-refractivity contribution >= 4 is 23.0 Å². The van der Waals surface area contributed by atoms with E-state index in [1.54, 1.807) is 0 Å². The number of nitrogens with one attached hydrogen (secondary N) is 2. The molecule has 0 saturated carbocycles. The lowest BCUT2D eigenvalue weighted by Crippen LogP contribution is -3.17. The van der Waals surface area contributed by atoms with Crippen molar-refractivity contribution < 1.29 is 4.90 Å². The molecule has 92 valence electrons. The minimum Gasteiger partial charge on any atom is -0.315 e. The van der Waals surface area contributed by atoms with E-state index in [1.165, 1.54) is 29.1 Å². The van der Waals surface area contributed by atoms with Gasteiger partial charge in [0.15, 0.2) is 18.4 Å². The largest absolute Gasteiger partial charge is 0.315 e. The fraction of sp³-hybridized carbons (Fsp3) is 0.462. The summed E-state index contributed by atoms with van der Waals surface area (Å²) in [5, 5.41) is 4.16. The van der Waals surface area contributed by atoms with E-state index in [0.717, 1.165) is 18.4 Å². The van der Waals surface area contributed by atoms with Crippen LogP contribution in [0.1, 0.15) is 18.9 Å². The summed E-state index contributed by atoms with van der Waals surface area (Å²) < 4.78 is 0. The third kappa shape index (κ3) is 2.76. The van der Waals surface area contributed by atoms with Gasteiger partial charge >= 0.3 is 0 Å². The van der Waals surface area contributed by atoms with Crippen molar-refractivity contribution in [1.29, 1.82) is 0 Å². The van der Waals surface area contributed by atoms with Crippen LogP contribution in [-0.2, 0) is 0 Å². The molecule has 1 aromatic rings. The zero-order valence-electron chi connectivity index (χ0n) is 10.5. The van der Waals surface area contributed by atoms with Crippen LogP contribution in [-0.4, -0.2) is 25.0 Å². The minimum atomic E-state index is 0.846. The predicted octanol–water partition coefficient (Wildman–Crippen LogP) is 0.899. The SMILES string of the molecule is CCC[NH+]1CNC(=S)N(c2ccccc2C)C1. The minimum absolute atomic E-state index is 0.846. The summed E-state index contributed by atoms with van der Waals surface area (Å²) in [7, 11) is 0. The number of thiocarbonyl (C=S) groups is 1. The van der Waals surface area contributed by atoms with E-state index in [2.05, 4.69) is 48.3 Å². The van der Waals surface area contributed by atoms with Crippen molar-refractivity contribution in [2.45, 2.75) is 20.3 Å². The topological polar surface area (TPSA) is 19.7 Å². The number of nitrogens with zero attached hydrogens (tertiary/aromatic N) is 1. The maximum absolute atomic E-state index is 5.41. The molecule has 1 aliphatic rings. The van der Waals surface area contributed by atoms with Gasteiger partial charge in [0.2, 0.25) is 0 Å². The van der Waals surface area contributed by atoms with Crippen LogP contribution in [0, 0.1) is 6.92 Å². The first-order valence-corrected chi connectivity index (χ1v) is 6.57. The summed E-state index contributed by atoms with van der Waals surface area (Å²) >= 11 is 5.41. The molecular weight excluding hydrogens is 230 g/mol. The van der Waals surface area contributed by atoms with Crippen LogP contribution in [0.5, 0.6) is 0 Å². The van der Waals surface area contributed by atoms with Crippen LogP contribution in [0.2, 0.25) is 0 Å². The van der Waals surface area contributed by atoms with Crippen LogP contribution in [0.4, 0.5) is 5.69 Å². The van der Waals surface area contributed by atoms with Crippen molar-refractivity contribution in [2.24, 2.45) is 0 Å². The lowest BCUT2D eigenvalue weighted by Gasteiger charge is -2.35. The molecule has 1 aromatic carbocycles. The molecule has 17 heavy (non-hydrogen) atoms. The Morgan fingerprint density at radius 2 is 2.18 bits per heavy atom. The normalized spacial score (nSPS) is 20.2. The van der Waals surface area contributed by atoms with Crippen molar-refractivity contribution in [3.8, 4) is 0 Å². The van der Waals surface area contributed by atoms with E-state index in [4.69, 9.17) is 12.2 Å². The Morgan fingerprint density at radius 1 is 1.41 bits per heavy atom. The molecule has 1 heterocycles. The van der Waals surface area contributed by atoms with Crippen LogP contribution in [0.15, 0.2) is 24.3 Å². The van der Waals surface area contributed by atoms with E-state index >= 15 is 0 Å². The molecule has 4 heteroatoms. The summed E-state index contributed by atoms with van der Waals surface area (Å²) in [5.74, 6) is 0. The molecule has 0 spiro atoms. The molecule has 1 saturated heterocycles. The first kappa shape index (κ1) is 12.3. The van der Waals surface area contributed by atoms with Crippen LogP contribution in [0.3, 0.4) is 0 Å². The van der Waals surface area contributed by atoms with Crippen LogP contribution >= 0.6 is 12.2 Å². The Kier molecular flexibility index (Phi) is 3.97. The molecular formula is C13H20N3S+. The van der Waals surface area contributed by atoms with Crippen molar-refractivity contribution in [2.75, 3.05) is 24.8 Å². The average Bonchev–Trinajstić information content (AvgIpc) is 2.33. The van der Waals surface area contributed by atoms with Gasteiger partial charge in [-0.15, -0.1) is 0 Å². The van der Waals surface area contributed by atoms with Gasteiger partial charge in [-0.25, -0.2) is 0 Å². The number of hydrogen-bond acceptors (Lipinski definition) is 1. The van der Waals surface area contributed by atoms with Gasteiger partial charge in [-0.1, -0.05) is 25.1 Å². The Hall–Kier alpha value is -1.13. The van der Waals surface area contributed by atoms with Crippen LogP contribution in [0.25, 0.3) is 0 Å². The number of rotatable bonds is 3. The van der Waals surface area contributed by atoms with Crippen molar-refractivity contribution in [1.82, 2.24) is 5.32 Å². The number of hydrogen-bond donors (Lipinski definition) is 2. The highest BCUT2D eigenvalue weighted by Crippen LogP contribution is 2.18. The van der Waals surface area contributed by atoms with Crippen LogP contribution < -0.4 is 15.1 Å². The Labute approximate surface area is 108 Å². The smallest absolute Gasteiger partial charge is 0.182 e. The second kappa shape index (κ2) is 5.47. The number of anilines is 1. The maximum atomic E-state index is 5.41. The maximum Gasteiger partial charge on any atom is 0.182 e. The van der Waals surface area contributed by atoms with Gasteiger partial charge in [0.25, 0.3) is 0 Å².